The number of amides is 1. The Hall–Kier alpha value is -3.23. The smallest absolute Gasteiger partial charge is 0.421 e. The second-order valence-corrected chi connectivity index (χ2v) is 10.2. The molecule has 1 atom stereocenters. The van der Waals surface area contributed by atoms with E-state index in [1.54, 1.807) is 7.11 Å². The van der Waals surface area contributed by atoms with Crippen molar-refractivity contribution in [3.63, 3.8) is 0 Å². The summed E-state index contributed by atoms with van der Waals surface area (Å²) in [5, 5.41) is 10.2. The first-order valence-corrected chi connectivity index (χ1v) is 12.5. The standard InChI is InChI=1S/C25H24ClNO6S/c1-32-21-8-10-22(11-9-21)33-16-18-4-2-3-17-15-20(7-14-24(17)18)27(25(28)29)34(30,31)23-12-5-19(26)6-13-23/h2-6,8-13,20H,7,14-16H2,1H3,(H,28,29). The number of carbonyl (C=O) groups is 1. The number of carboxylic acid groups (broad SMARTS) is 1. The lowest BCUT2D eigenvalue weighted by molar-refractivity contribution is 0.157. The first-order valence-electron chi connectivity index (χ1n) is 10.7. The van der Waals surface area contributed by atoms with Gasteiger partial charge < -0.3 is 14.6 Å². The van der Waals surface area contributed by atoms with Gasteiger partial charge in [0.2, 0.25) is 0 Å². The van der Waals surface area contributed by atoms with Gasteiger partial charge >= 0.3 is 6.09 Å². The second kappa shape index (κ2) is 9.95. The minimum atomic E-state index is -4.24. The summed E-state index contributed by atoms with van der Waals surface area (Å²) < 4.78 is 38.0. The molecule has 7 nitrogen and oxygen atoms in total. The number of hydrogen-bond donors (Lipinski definition) is 1. The largest absolute Gasteiger partial charge is 0.497 e. The molecule has 1 aliphatic rings. The molecule has 1 unspecified atom stereocenters. The van der Waals surface area contributed by atoms with E-state index < -0.39 is 22.2 Å². The van der Waals surface area contributed by atoms with E-state index in [0.29, 0.717) is 40.9 Å². The third kappa shape index (κ3) is 4.98. The van der Waals surface area contributed by atoms with Crippen molar-refractivity contribution < 1.29 is 27.8 Å². The summed E-state index contributed by atoms with van der Waals surface area (Å²) >= 11 is 5.86. The lowest BCUT2D eigenvalue weighted by Crippen LogP contribution is -2.46. The van der Waals surface area contributed by atoms with Crippen molar-refractivity contribution >= 4 is 27.7 Å². The molecule has 0 radical (unpaired) electrons. The van der Waals surface area contributed by atoms with Crippen LogP contribution in [0.5, 0.6) is 11.5 Å². The number of ether oxygens (including phenoxy) is 2. The Morgan fingerprint density at radius 1 is 1.06 bits per heavy atom. The molecule has 0 saturated heterocycles. The average Bonchev–Trinajstić information content (AvgIpc) is 2.82. The fourth-order valence-electron chi connectivity index (χ4n) is 4.21. The molecule has 178 valence electrons. The first-order chi connectivity index (χ1) is 16.3. The normalized spacial score (nSPS) is 15.3. The summed E-state index contributed by atoms with van der Waals surface area (Å²) in [7, 11) is -2.64. The third-order valence-electron chi connectivity index (χ3n) is 5.90. The highest BCUT2D eigenvalue weighted by atomic mass is 35.5. The Labute approximate surface area is 203 Å². The minimum absolute atomic E-state index is 0.105. The number of sulfonamides is 1. The van der Waals surface area contributed by atoms with Crippen LogP contribution in [0.3, 0.4) is 0 Å². The molecule has 34 heavy (non-hydrogen) atoms. The highest BCUT2D eigenvalue weighted by Crippen LogP contribution is 2.31. The Kier molecular flexibility index (Phi) is 7.00. The van der Waals surface area contributed by atoms with E-state index in [4.69, 9.17) is 21.1 Å². The van der Waals surface area contributed by atoms with Crippen LogP contribution in [0.15, 0.2) is 71.6 Å². The summed E-state index contributed by atoms with van der Waals surface area (Å²) in [5.41, 5.74) is 2.99. The van der Waals surface area contributed by atoms with Crippen LogP contribution >= 0.6 is 11.6 Å². The molecule has 9 heteroatoms. The summed E-state index contributed by atoms with van der Waals surface area (Å²) in [6.45, 7) is 0.353. The van der Waals surface area contributed by atoms with Crippen molar-refractivity contribution in [3.8, 4) is 11.5 Å². The van der Waals surface area contributed by atoms with E-state index in [2.05, 4.69) is 0 Å². The Balaban J connectivity index is 1.54. The van der Waals surface area contributed by atoms with Crippen molar-refractivity contribution in [2.24, 2.45) is 0 Å². The zero-order valence-corrected chi connectivity index (χ0v) is 20.1. The summed E-state index contributed by atoms with van der Waals surface area (Å²) in [6.07, 6.45) is -0.277. The van der Waals surface area contributed by atoms with Crippen molar-refractivity contribution in [2.45, 2.75) is 36.8 Å². The molecule has 0 fully saturated rings. The van der Waals surface area contributed by atoms with Gasteiger partial charge in [0.05, 0.1) is 18.0 Å². The maximum atomic E-state index is 13.1. The highest BCUT2D eigenvalue weighted by molar-refractivity contribution is 7.89. The van der Waals surface area contributed by atoms with E-state index in [1.807, 2.05) is 42.5 Å². The van der Waals surface area contributed by atoms with Gasteiger partial charge in [0.25, 0.3) is 10.0 Å². The van der Waals surface area contributed by atoms with E-state index in [0.717, 1.165) is 22.4 Å². The number of methoxy groups -OCH3 is 1. The summed E-state index contributed by atoms with van der Waals surface area (Å²) in [6, 6.07) is 17.9. The average molecular weight is 502 g/mol. The van der Waals surface area contributed by atoms with E-state index in [-0.39, 0.29) is 4.90 Å². The maximum absolute atomic E-state index is 13.1. The summed E-state index contributed by atoms with van der Waals surface area (Å²) in [5.74, 6) is 1.45. The SMILES string of the molecule is COc1ccc(OCc2cccc3c2CCC(N(C(=O)O)S(=O)(=O)c2ccc(Cl)cc2)C3)cc1. The van der Waals surface area contributed by atoms with Crippen LogP contribution in [0.25, 0.3) is 0 Å². The van der Waals surface area contributed by atoms with Gasteiger partial charge in [-0.05, 0) is 84.5 Å². The number of rotatable bonds is 7. The predicted molar refractivity (Wildman–Crippen MR) is 128 cm³/mol. The number of nitrogens with zero attached hydrogens (tertiary/aromatic N) is 1. The van der Waals surface area contributed by atoms with Gasteiger partial charge in [0.1, 0.15) is 18.1 Å². The third-order valence-corrected chi connectivity index (χ3v) is 7.99. The predicted octanol–water partition coefficient (Wildman–Crippen LogP) is 5.15. The van der Waals surface area contributed by atoms with Gasteiger partial charge in [-0.15, -0.1) is 0 Å². The van der Waals surface area contributed by atoms with Crippen LogP contribution in [0, 0.1) is 0 Å². The number of hydrogen-bond acceptors (Lipinski definition) is 5. The highest BCUT2D eigenvalue weighted by Gasteiger charge is 2.37. The molecule has 0 aromatic heterocycles. The molecule has 0 spiro atoms. The first kappa shape index (κ1) is 23.9. The number of fused-ring (bicyclic) bond motifs is 1. The van der Waals surface area contributed by atoms with Crippen LogP contribution in [0.2, 0.25) is 5.02 Å². The zero-order chi connectivity index (χ0) is 24.3. The molecule has 3 aromatic carbocycles. The Morgan fingerprint density at radius 3 is 2.38 bits per heavy atom. The monoisotopic (exact) mass is 501 g/mol. The Morgan fingerprint density at radius 2 is 1.74 bits per heavy atom. The van der Waals surface area contributed by atoms with Crippen LogP contribution in [0.4, 0.5) is 4.79 Å². The van der Waals surface area contributed by atoms with E-state index in [9.17, 15) is 18.3 Å². The van der Waals surface area contributed by atoms with Gasteiger partial charge in [0, 0.05) is 5.02 Å². The minimum Gasteiger partial charge on any atom is -0.497 e. The van der Waals surface area contributed by atoms with E-state index >= 15 is 0 Å². The molecule has 4 rings (SSSR count). The zero-order valence-electron chi connectivity index (χ0n) is 18.5. The molecule has 1 aliphatic carbocycles. The van der Waals surface area contributed by atoms with Crippen LogP contribution in [-0.2, 0) is 29.5 Å². The lowest BCUT2D eigenvalue weighted by atomic mass is 9.85. The second-order valence-electron chi connectivity index (χ2n) is 7.95. The molecule has 1 amide bonds. The van der Waals surface area contributed by atoms with Crippen molar-refractivity contribution in [2.75, 3.05) is 7.11 Å². The van der Waals surface area contributed by atoms with Gasteiger partial charge in [-0.1, -0.05) is 29.8 Å². The van der Waals surface area contributed by atoms with Gasteiger partial charge in [-0.3, -0.25) is 0 Å². The molecule has 0 bridgehead atoms. The molecular formula is C25H24ClNO6S. The molecule has 0 heterocycles. The fraction of sp³-hybridized carbons (Fsp3) is 0.240. The quantitative estimate of drug-likeness (QED) is 0.481. The molecule has 0 saturated carbocycles. The molecule has 0 aliphatic heterocycles. The van der Waals surface area contributed by atoms with Gasteiger partial charge in [-0.2, -0.15) is 4.31 Å². The number of benzene rings is 3. The number of halogens is 1. The van der Waals surface area contributed by atoms with Crippen LogP contribution < -0.4 is 9.47 Å². The summed E-state index contributed by atoms with van der Waals surface area (Å²) in [4.78, 5) is 12.0. The van der Waals surface area contributed by atoms with Crippen LogP contribution in [-0.4, -0.2) is 37.1 Å². The van der Waals surface area contributed by atoms with E-state index in [1.165, 1.54) is 24.3 Å². The van der Waals surface area contributed by atoms with Crippen molar-refractivity contribution in [1.29, 1.82) is 0 Å². The van der Waals surface area contributed by atoms with Crippen molar-refractivity contribution in [3.05, 3.63) is 88.4 Å². The topological polar surface area (TPSA) is 93.1 Å². The molecular weight excluding hydrogens is 478 g/mol. The van der Waals surface area contributed by atoms with Crippen LogP contribution in [0.1, 0.15) is 23.1 Å². The Bertz CT molecular complexity index is 1280. The fourth-order valence-corrected chi connectivity index (χ4v) is 5.82. The molecule has 3 aromatic rings. The maximum Gasteiger partial charge on any atom is 0.421 e. The van der Waals surface area contributed by atoms with Crippen molar-refractivity contribution in [1.82, 2.24) is 4.31 Å². The molecule has 1 N–H and O–H groups in total. The van der Waals surface area contributed by atoms with Gasteiger partial charge in [0.15, 0.2) is 0 Å². The lowest BCUT2D eigenvalue weighted by Gasteiger charge is -2.33. The van der Waals surface area contributed by atoms with Gasteiger partial charge in [-0.25, -0.2) is 13.2 Å².